The van der Waals surface area contributed by atoms with E-state index < -0.39 is 19.9 Å². The van der Waals surface area contributed by atoms with Crippen LogP contribution >= 0.6 is 11.3 Å². The first-order valence-corrected chi connectivity index (χ1v) is 16.3. The molecule has 3 aromatic rings. The first kappa shape index (κ1) is 25.1. The van der Waals surface area contributed by atoms with E-state index in [1.807, 2.05) is 6.92 Å². The summed E-state index contributed by atoms with van der Waals surface area (Å²) in [4.78, 5) is 12.6. The molecule has 12 heteroatoms. The lowest BCUT2D eigenvalue weighted by Crippen LogP contribution is -2.29. The first-order chi connectivity index (χ1) is 16.9. The molecule has 2 N–H and O–H groups in total. The summed E-state index contributed by atoms with van der Waals surface area (Å²) in [5, 5.41) is 3.72. The van der Waals surface area contributed by atoms with Crippen LogP contribution in [-0.2, 0) is 33.0 Å². The van der Waals surface area contributed by atoms with Crippen LogP contribution in [0.3, 0.4) is 0 Å². The normalized spacial score (nSPS) is 17.1. The molecular formula is C24H29N5O4S3. The number of sulfonamides is 1. The van der Waals surface area contributed by atoms with Crippen molar-refractivity contribution in [2.45, 2.75) is 50.7 Å². The predicted octanol–water partition coefficient (Wildman–Crippen LogP) is 4.15. The predicted molar refractivity (Wildman–Crippen MR) is 143 cm³/mol. The van der Waals surface area contributed by atoms with Gasteiger partial charge in [-0.1, -0.05) is 17.4 Å². The number of sulfone groups is 1. The summed E-state index contributed by atoms with van der Waals surface area (Å²) in [6.07, 6.45) is 4.83. The molecule has 192 valence electrons. The van der Waals surface area contributed by atoms with E-state index in [-0.39, 0.29) is 5.82 Å². The molecule has 1 aromatic carbocycles. The van der Waals surface area contributed by atoms with Gasteiger partial charge in [0.2, 0.25) is 10.0 Å². The summed E-state index contributed by atoms with van der Waals surface area (Å²) < 4.78 is 50.9. The molecule has 0 bridgehead atoms. The molecule has 0 spiro atoms. The Hall–Kier alpha value is -2.54. The molecule has 1 unspecified atom stereocenters. The molecule has 1 aliphatic carbocycles. The van der Waals surface area contributed by atoms with E-state index >= 15 is 0 Å². The number of benzene rings is 1. The van der Waals surface area contributed by atoms with Gasteiger partial charge in [-0.2, -0.15) is 0 Å². The van der Waals surface area contributed by atoms with Crippen LogP contribution in [0, 0.1) is 12.8 Å². The Labute approximate surface area is 216 Å². The zero-order valence-electron chi connectivity index (χ0n) is 20.6. The van der Waals surface area contributed by atoms with Crippen molar-refractivity contribution in [3.63, 3.8) is 0 Å². The molecular weight excluding hydrogens is 518 g/mol. The number of hydrogen-bond acceptors (Lipinski definition) is 9. The molecule has 9 nitrogen and oxygen atoms in total. The standard InChI is InChI=1S/C24H29N5O4S3/c1-14-23(34-24(25-14)27-21-6-5-7-22(26-21)28-36(4,32)33)17-10-18-12-29(15(2)16-8-9-16)13-19(18)20(11-17)35(3,30)31/h5-7,10-11,15-16H,8-9,12-13H2,1-4H3,(H2,25,26,27,28). The number of fused-ring (bicyclic) bond motifs is 1. The highest BCUT2D eigenvalue weighted by molar-refractivity contribution is 7.92. The number of aromatic nitrogens is 2. The summed E-state index contributed by atoms with van der Waals surface area (Å²) in [6.45, 7) is 5.54. The number of pyridine rings is 1. The van der Waals surface area contributed by atoms with Crippen molar-refractivity contribution in [1.82, 2.24) is 14.9 Å². The number of anilines is 3. The molecule has 2 aliphatic rings. The van der Waals surface area contributed by atoms with Gasteiger partial charge < -0.3 is 5.32 Å². The lowest BCUT2D eigenvalue weighted by atomic mass is 10.0. The Kier molecular flexibility index (Phi) is 6.34. The second-order valence-corrected chi connectivity index (χ2v) is 14.4. The van der Waals surface area contributed by atoms with Crippen molar-refractivity contribution in [1.29, 1.82) is 0 Å². The highest BCUT2D eigenvalue weighted by Crippen LogP contribution is 2.42. The third-order valence-corrected chi connectivity index (χ3v) is 9.51. The number of thiazole rings is 1. The summed E-state index contributed by atoms with van der Waals surface area (Å²) in [6, 6.07) is 9.29. The fourth-order valence-electron chi connectivity index (χ4n) is 4.71. The maximum Gasteiger partial charge on any atom is 0.230 e. The van der Waals surface area contributed by atoms with E-state index in [1.54, 1.807) is 24.3 Å². The van der Waals surface area contributed by atoms with Crippen LogP contribution in [0.2, 0.25) is 0 Å². The minimum atomic E-state index is -3.44. The van der Waals surface area contributed by atoms with Gasteiger partial charge in [-0.05, 0) is 73.6 Å². The second-order valence-electron chi connectivity index (χ2n) is 9.71. The zero-order valence-corrected chi connectivity index (χ0v) is 23.0. The van der Waals surface area contributed by atoms with Gasteiger partial charge in [-0.3, -0.25) is 9.62 Å². The van der Waals surface area contributed by atoms with Gasteiger partial charge >= 0.3 is 0 Å². The van der Waals surface area contributed by atoms with Crippen LogP contribution in [0.15, 0.2) is 35.2 Å². The van der Waals surface area contributed by atoms with Gasteiger partial charge in [0.25, 0.3) is 0 Å². The molecule has 1 atom stereocenters. The third kappa shape index (κ3) is 5.41. The SMILES string of the molecule is Cc1nc(Nc2cccc(NS(C)(=O)=O)n2)sc1-c1cc2c(c(S(C)(=O)=O)c1)CN(C(C)C1CC1)C2. The quantitative estimate of drug-likeness (QED) is 0.432. The van der Waals surface area contributed by atoms with Crippen molar-refractivity contribution in [3.8, 4) is 10.4 Å². The minimum Gasteiger partial charge on any atom is -0.316 e. The molecule has 1 saturated carbocycles. The zero-order chi connectivity index (χ0) is 25.8. The Morgan fingerprint density at radius 2 is 1.78 bits per heavy atom. The van der Waals surface area contributed by atoms with E-state index in [9.17, 15) is 16.8 Å². The fourth-order valence-corrected chi connectivity index (χ4v) is 7.14. The molecule has 0 amide bonds. The molecule has 2 aromatic heterocycles. The monoisotopic (exact) mass is 547 g/mol. The lowest BCUT2D eigenvalue weighted by Gasteiger charge is -2.23. The third-order valence-electron chi connectivity index (χ3n) is 6.65. The highest BCUT2D eigenvalue weighted by atomic mass is 32.2. The van der Waals surface area contributed by atoms with Crippen molar-refractivity contribution < 1.29 is 16.8 Å². The number of aryl methyl sites for hydroxylation is 1. The van der Waals surface area contributed by atoms with Crippen LogP contribution < -0.4 is 10.0 Å². The molecule has 0 saturated heterocycles. The van der Waals surface area contributed by atoms with Gasteiger partial charge in [0, 0.05) is 25.4 Å². The molecule has 5 rings (SSSR count). The molecule has 1 aliphatic heterocycles. The number of nitrogens with zero attached hydrogens (tertiary/aromatic N) is 3. The van der Waals surface area contributed by atoms with Crippen LogP contribution in [0.5, 0.6) is 0 Å². The van der Waals surface area contributed by atoms with Crippen molar-refractivity contribution in [3.05, 3.63) is 47.2 Å². The molecule has 0 radical (unpaired) electrons. The Bertz CT molecular complexity index is 1550. The average Bonchev–Trinajstić information content (AvgIpc) is 3.42. The Morgan fingerprint density at radius 3 is 2.44 bits per heavy atom. The largest absolute Gasteiger partial charge is 0.316 e. The summed E-state index contributed by atoms with van der Waals surface area (Å²) in [7, 11) is -6.85. The van der Waals surface area contributed by atoms with Crippen LogP contribution in [-0.4, -0.2) is 50.3 Å². The summed E-state index contributed by atoms with van der Waals surface area (Å²) in [5.74, 6) is 1.36. The summed E-state index contributed by atoms with van der Waals surface area (Å²) >= 11 is 1.40. The van der Waals surface area contributed by atoms with Crippen LogP contribution in [0.1, 0.15) is 36.6 Å². The van der Waals surface area contributed by atoms with E-state index in [0.29, 0.717) is 34.3 Å². The van der Waals surface area contributed by atoms with Gasteiger partial charge in [-0.25, -0.2) is 26.8 Å². The Morgan fingerprint density at radius 1 is 1.06 bits per heavy atom. The second kappa shape index (κ2) is 9.09. The molecule has 1 fully saturated rings. The van der Waals surface area contributed by atoms with Crippen molar-refractivity contribution >= 4 is 48.0 Å². The van der Waals surface area contributed by atoms with Crippen molar-refractivity contribution in [2.24, 2.45) is 5.92 Å². The van der Waals surface area contributed by atoms with Crippen LogP contribution in [0.4, 0.5) is 16.8 Å². The van der Waals surface area contributed by atoms with Crippen LogP contribution in [0.25, 0.3) is 10.4 Å². The van der Waals surface area contributed by atoms with E-state index in [0.717, 1.165) is 40.1 Å². The maximum atomic E-state index is 12.8. The Balaban J connectivity index is 1.46. The van der Waals surface area contributed by atoms with E-state index in [2.05, 4.69) is 37.9 Å². The number of rotatable bonds is 8. The van der Waals surface area contributed by atoms with E-state index in [4.69, 9.17) is 0 Å². The minimum absolute atomic E-state index is 0.206. The average molecular weight is 548 g/mol. The molecule has 36 heavy (non-hydrogen) atoms. The molecule has 3 heterocycles. The fraction of sp³-hybridized carbons (Fsp3) is 0.417. The number of nitrogens with one attached hydrogen (secondary N) is 2. The van der Waals surface area contributed by atoms with Gasteiger partial charge in [-0.15, -0.1) is 0 Å². The highest BCUT2D eigenvalue weighted by Gasteiger charge is 2.36. The first-order valence-electron chi connectivity index (χ1n) is 11.7. The lowest BCUT2D eigenvalue weighted by molar-refractivity contribution is 0.192. The maximum absolute atomic E-state index is 12.8. The van der Waals surface area contributed by atoms with Gasteiger partial charge in [0.05, 0.1) is 21.7 Å². The topological polar surface area (TPSA) is 121 Å². The summed E-state index contributed by atoms with van der Waals surface area (Å²) in [5.41, 5.74) is 3.57. The van der Waals surface area contributed by atoms with Crippen molar-refractivity contribution in [2.75, 3.05) is 22.6 Å². The van der Waals surface area contributed by atoms with E-state index in [1.165, 1.54) is 30.4 Å². The van der Waals surface area contributed by atoms with Gasteiger partial charge in [0.1, 0.15) is 11.6 Å². The smallest absolute Gasteiger partial charge is 0.230 e. The number of hydrogen-bond donors (Lipinski definition) is 2. The van der Waals surface area contributed by atoms with Gasteiger partial charge in [0.15, 0.2) is 15.0 Å².